The number of carbonyl (C=O) groups excluding carboxylic acids is 1. The first-order valence-electron chi connectivity index (χ1n) is 5.25. The molecule has 1 aromatic heterocycles. The SMILES string of the molecule is Cc1nccc(N2CCNCC2C(N)=O)n1. The number of amides is 1. The van der Waals surface area contributed by atoms with Crippen molar-refractivity contribution in [3.05, 3.63) is 18.1 Å². The molecule has 16 heavy (non-hydrogen) atoms. The minimum absolute atomic E-state index is 0.330. The van der Waals surface area contributed by atoms with Gasteiger partial charge >= 0.3 is 0 Å². The van der Waals surface area contributed by atoms with Crippen LogP contribution in [0.15, 0.2) is 12.3 Å². The van der Waals surface area contributed by atoms with Crippen molar-refractivity contribution >= 4 is 11.7 Å². The molecule has 2 rings (SSSR count). The predicted octanol–water partition coefficient (Wildman–Crippen LogP) is -0.951. The third kappa shape index (κ3) is 2.11. The van der Waals surface area contributed by atoms with Gasteiger partial charge in [-0.1, -0.05) is 0 Å². The van der Waals surface area contributed by atoms with Gasteiger partial charge in [0.1, 0.15) is 17.7 Å². The van der Waals surface area contributed by atoms with Gasteiger partial charge in [0.05, 0.1) is 0 Å². The van der Waals surface area contributed by atoms with E-state index < -0.39 is 0 Å². The first kappa shape index (κ1) is 10.8. The monoisotopic (exact) mass is 221 g/mol. The summed E-state index contributed by atoms with van der Waals surface area (Å²) in [6, 6.07) is 1.47. The summed E-state index contributed by atoms with van der Waals surface area (Å²) in [7, 11) is 0. The molecule has 3 N–H and O–H groups in total. The number of primary amides is 1. The average Bonchev–Trinajstić information content (AvgIpc) is 2.29. The maximum absolute atomic E-state index is 11.3. The smallest absolute Gasteiger partial charge is 0.241 e. The molecule has 1 unspecified atom stereocenters. The number of anilines is 1. The van der Waals surface area contributed by atoms with Crippen molar-refractivity contribution in [1.29, 1.82) is 0 Å². The van der Waals surface area contributed by atoms with Gasteiger partial charge in [-0.05, 0) is 13.0 Å². The standard InChI is InChI=1S/C10H15N5O/c1-7-13-3-2-9(14-7)15-5-4-12-6-8(15)10(11)16/h2-3,8,12H,4-6H2,1H3,(H2,11,16). The highest BCUT2D eigenvalue weighted by atomic mass is 16.1. The van der Waals surface area contributed by atoms with E-state index in [0.717, 1.165) is 18.9 Å². The molecule has 86 valence electrons. The predicted molar refractivity (Wildman–Crippen MR) is 60.0 cm³/mol. The molecule has 1 aliphatic rings. The Morgan fingerprint density at radius 1 is 1.69 bits per heavy atom. The van der Waals surface area contributed by atoms with Crippen molar-refractivity contribution in [2.24, 2.45) is 5.73 Å². The summed E-state index contributed by atoms with van der Waals surface area (Å²) in [5, 5.41) is 3.14. The van der Waals surface area contributed by atoms with Gasteiger partial charge in [0, 0.05) is 25.8 Å². The average molecular weight is 221 g/mol. The Morgan fingerprint density at radius 2 is 2.50 bits per heavy atom. The van der Waals surface area contributed by atoms with Crippen LogP contribution in [-0.4, -0.2) is 41.6 Å². The second-order valence-electron chi connectivity index (χ2n) is 3.78. The number of aromatic nitrogens is 2. The molecule has 0 aromatic carbocycles. The Labute approximate surface area is 93.9 Å². The summed E-state index contributed by atoms with van der Waals surface area (Å²) >= 11 is 0. The molecule has 0 saturated carbocycles. The lowest BCUT2D eigenvalue weighted by Crippen LogP contribution is -2.57. The number of hydrogen-bond donors (Lipinski definition) is 2. The molecule has 0 bridgehead atoms. The van der Waals surface area contributed by atoms with E-state index in [-0.39, 0.29) is 11.9 Å². The minimum atomic E-state index is -0.331. The van der Waals surface area contributed by atoms with E-state index in [9.17, 15) is 4.79 Å². The van der Waals surface area contributed by atoms with Crippen LogP contribution >= 0.6 is 0 Å². The van der Waals surface area contributed by atoms with Gasteiger partial charge in [-0.3, -0.25) is 4.79 Å². The van der Waals surface area contributed by atoms with Crippen LogP contribution in [0.3, 0.4) is 0 Å². The fourth-order valence-corrected chi connectivity index (χ4v) is 1.84. The van der Waals surface area contributed by atoms with Crippen LogP contribution in [0.2, 0.25) is 0 Å². The number of nitrogens with two attached hydrogens (primary N) is 1. The molecule has 1 atom stereocenters. The number of aryl methyl sites for hydroxylation is 1. The zero-order valence-electron chi connectivity index (χ0n) is 9.18. The molecular formula is C10H15N5O. The van der Waals surface area contributed by atoms with E-state index in [1.807, 2.05) is 11.8 Å². The van der Waals surface area contributed by atoms with E-state index >= 15 is 0 Å². The first-order chi connectivity index (χ1) is 7.68. The highest BCUT2D eigenvalue weighted by molar-refractivity contribution is 5.83. The quantitative estimate of drug-likeness (QED) is 0.672. The lowest BCUT2D eigenvalue weighted by molar-refractivity contribution is -0.119. The number of rotatable bonds is 2. The maximum Gasteiger partial charge on any atom is 0.241 e. The number of carbonyl (C=O) groups is 1. The maximum atomic E-state index is 11.3. The fourth-order valence-electron chi connectivity index (χ4n) is 1.84. The Kier molecular flexibility index (Phi) is 3.00. The second kappa shape index (κ2) is 4.44. The molecular weight excluding hydrogens is 206 g/mol. The van der Waals surface area contributed by atoms with Gasteiger partial charge in [-0.15, -0.1) is 0 Å². The van der Waals surface area contributed by atoms with Gasteiger partial charge in [0.2, 0.25) is 5.91 Å². The molecule has 1 aliphatic heterocycles. The first-order valence-corrected chi connectivity index (χ1v) is 5.25. The lowest BCUT2D eigenvalue weighted by Gasteiger charge is -2.35. The van der Waals surface area contributed by atoms with Crippen LogP contribution in [0, 0.1) is 6.92 Å². The van der Waals surface area contributed by atoms with Crippen molar-refractivity contribution in [2.75, 3.05) is 24.5 Å². The molecule has 0 radical (unpaired) electrons. The van der Waals surface area contributed by atoms with Crippen molar-refractivity contribution in [2.45, 2.75) is 13.0 Å². The summed E-state index contributed by atoms with van der Waals surface area (Å²) in [6.45, 7) is 3.94. The van der Waals surface area contributed by atoms with E-state index in [4.69, 9.17) is 5.73 Å². The molecule has 1 fully saturated rings. The van der Waals surface area contributed by atoms with Gasteiger partial charge in [-0.2, -0.15) is 0 Å². The summed E-state index contributed by atoms with van der Waals surface area (Å²) in [5.74, 6) is 1.13. The van der Waals surface area contributed by atoms with E-state index in [1.165, 1.54) is 0 Å². The van der Waals surface area contributed by atoms with Crippen LogP contribution in [0.4, 0.5) is 5.82 Å². The van der Waals surface area contributed by atoms with Crippen LogP contribution < -0.4 is 16.0 Å². The van der Waals surface area contributed by atoms with Crippen LogP contribution in [0.5, 0.6) is 0 Å². The highest BCUT2D eigenvalue weighted by Gasteiger charge is 2.27. The summed E-state index contributed by atoms with van der Waals surface area (Å²) in [4.78, 5) is 21.6. The van der Waals surface area contributed by atoms with Gasteiger partial charge in [0.25, 0.3) is 0 Å². The third-order valence-electron chi connectivity index (χ3n) is 2.63. The molecule has 0 aliphatic carbocycles. The molecule has 1 amide bonds. The fraction of sp³-hybridized carbons (Fsp3) is 0.500. The van der Waals surface area contributed by atoms with E-state index in [2.05, 4.69) is 15.3 Å². The number of nitrogens with zero attached hydrogens (tertiary/aromatic N) is 3. The molecule has 6 heteroatoms. The molecule has 6 nitrogen and oxygen atoms in total. The number of nitrogens with one attached hydrogen (secondary N) is 1. The van der Waals surface area contributed by atoms with Gasteiger partial charge < -0.3 is 16.0 Å². The molecule has 2 heterocycles. The van der Waals surface area contributed by atoms with Crippen LogP contribution in [0.1, 0.15) is 5.82 Å². The zero-order chi connectivity index (χ0) is 11.5. The normalized spacial score (nSPS) is 20.8. The summed E-state index contributed by atoms with van der Waals surface area (Å²) in [6.07, 6.45) is 1.69. The van der Waals surface area contributed by atoms with Crippen LogP contribution in [-0.2, 0) is 4.79 Å². The zero-order valence-corrected chi connectivity index (χ0v) is 9.18. The summed E-state index contributed by atoms with van der Waals surface area (Å²) < 4.78 is 0. The Bertz CT molecular complexity index is 395. The lowest BCUT2D eigenvalue weighted by atomic mass is 10.2. The Morgan fingerprint density at radius 3 is 3.19 bits per heavy atom. The summed E-state index contributed by atoms with van der Waals surface area (Å²) in [5.41, 5.74) is 5.37. The molecule has 0 spiro atoms. The topological polar surface area (TPSA) is 84.1 Å². The largest absolute Gasteiger partial charge is 0.368 e. The van der Waals surface area contributed by atoms with Gasteiger partial charge in [0.15, 0.2) is 0 Å². The van der Waals surface area contributed by atoms with Crippen LogP contribution in [0.25, 0.3) is 0 Å². The van der Waals surface area contributed by atoms with Crippen molar-refractivity contribution in [3.63, 3.8) is 0 Å². The van der Waals surface area contributed by atoms with Crippen molar-refractivity contribution in [1.82, 2.24) is 15.3 Å². The number of hydrogen-bond acceptors (Lipinski definition) is 5. The minimum Gasteiger partial charge on any atom is -0.368 e. The Balaban J connectivity index is 2.26. The van der Waals surface area contributed by atoms with Gasteiger partial charge in [-0.25, -0.2) is 9.97 Å². The molecule has 1 saturated heterocycles. The van der Waals surface area contributed by atoms with Crippen molar-refractivity contribution in [3.8, 4) is 0 Å². The molecule has 1 aromatic rings. The van der Waals surface area contributed by atoms with E-state index in [1.54, 1.807) is 12.3 Å². The Hall–Kier alpha value is -1.69. The van der Waals surface area contributed by atoms with E-state index in [0.29, 0.717) is 12.4 Å². The number of piperazine rings is 1. The highest BCUT2D eigenvalue weighted by Crippen LogP contribution is 2.14. The third-order valence-corrected chi connectivity index (χ3v) is 2.63. The van der Waals surface area contributed by atoms with Crippen molar-refractivity contribution < 1.29 is 4.79 Å². The second-order valence-corrected chi connectivity index (χ2v) is 3.78.